The molecule has 1 aliphatic heterocycles. The SMILES string of the molecule is Cc1ccc(C2=NN(S(=O)(=O)c3ccccc3)[C@H](c3cc4cccc(C)c4nc3Cl)C2)cc1. The van der Waals surface area contributed by atoms with E-state index >= 15 is 0 Å². The summed E-state index contributed by atoms with van der Waals surface area (Å²) in [6.45, 7) is 3.99. The molecule has 0 radical (unpaired) electrons. The Morgan fingerprint density at radius 3 is 2.39 bits per heavy atom. The van der Waals surface area contributed by atoms with E-state index in [1.165, 1.54) is 4.41 Å². The molecule has 33 heavy (non-hydrogen) atoms. The number of fused-ring (bicyclic) bond motifs is 1. The van der Waals surface area contributed by atoms with E-state index in [4.69, 9.17) is 11.6 Å². The third kappa shape index (κ3) is 3.90. The lowest BCUT2D eigenvalue weighted by atomic mass is 9.98. The van der Waals surface area contributed by atoms with Crippen LogP contribution in [0.3, 0.4) is 0 Å². The molecule has 0 unspecified atom stereocenters. The fourth-order valence-corrected chi connectivity index (χ4v) is 5.85. The van der Waals surface area contributed by atoms with E-state index < -0.39 is 16.1 Å². The van der Waals surface area contributed by atoms with Crippen LogP contribution in [-0.4, -0.2) is 23.5 Å². The molecule has 0 aliphatic carbocycles. The van der Waals surface area contributed by atoms with Crippen molar-refractivity contribution in [2.45, 2.75) is 31.2 Å². The number of pyridine rings is 1. The zero-order valence-electron chi connectivity index (χ0n) is 18.2. The summed E-state index contributed by atoms with van der Waals surface area (Å²) in [7, 11) is -3.90. The Labute approximate surface area is 198 Å². The summed E-state index contributed by atoms with van der Waals surface area (Å²) in [6, 6.07) is 23.5. The summed E-state index contributed by atoms with van der Waals surface area (Å²) in [5.41, 5.74) is 5.16. The topological polar surface area (TPSA) is 62.6 Å². The largest absolute Gasteiger partial charge is 0.279 e. The second kappa shape index (κ2) is 8.28. The van der Waals surface area contributed by atoms with Crippen LogP contribution in [0.2, 0.25) is 5.15 Å². The van der Waals surface area contributed by atoms with Crippen molar-refractivity contribution in [2.75, 3.05) is 0 Å². The molecule has 0 saturated heterocycles. The van der Waals surface area contributed by atoms with E-state index in [1.807, 2.05) is 62.4 Å². The number of aromatic nitrogens is 1. The number of hydrogen-bond donors (Lipinski definition) is 0. The Hall–Kier alpha value is -3.22. The molecule has 7 heteroatoms. The van der Waals surface area contributed by atoms with Gasteiger partial charge in [-0.05, 0) is 43.2 Å². The Kier molecular flexibility index (Phi) is 5.43. The van der Waals surface area contributed by atoms with Gasteiger partial charge in [-0.15, -0.1) is 0 Å². The number of nitrogens with zero attached hydrogens (tertiary/aromatic N) is 3. The quantitative estimate of drug-likeness (QED) is 0.338. The Morgan fingerprint density at radius 2 is 1.67 bits per heavy atom. The molecule has 166 valence electrons. The van der Waals surface area contributed by atoms with Gasteiger partial charge in [0, 0.05) is 17.4 Å². The van der Waals surface area contributed by atoms with Crippen LogP contribution in [0.15, 0.2) is 88.9 Å². The third-order valence-corrected chi connectivity index (χ3v) is 7.93. The summed E-state index contributed by atoms with van der Waals surface area (Å²) in [5, 5.41) is 5.81. The normalized spacial score (nSPS) is 16.3. The molecule has 1 aromatic heterocycles. The molecule has 3 aromatic carbocycles. The highest BCUT2D eigenvalue weighted by Crippen LogP contribution is 2.40. The highest BCUT2D eigenvalue weighted by Gasteiger charge is 2.39. The minimum absolute atomic E-state index is 0.185. The van der Waals surface area contributed by atoms with E-state index in [0.29, 0.717) is 17.7 Å². The number of sulfonamides is 1. The molecule has 0 N–H and O–H groups in total. The van der Waals surface area contributed by atoms with Gasteiger partial charge in [0.2, 0.25) is 0 Å². The Bertz CT molecular complexity index is 1480. The van der Waals surface area contributed by atoms with E-state index in [9.17, 15) is 8.42 Å². The minimum atomic E-state index is -3.90. The molecule has 0 saturated carbocycles. The highest BCUT2D eigenvalue weighted by atomic mass is 35.5. The average molecular weight is 476 g/mol. The maximum atomic E-state index is 13.6. The van der Waals surface area contributed by atoms with E-state index in [0.717, 1.165) is 27.6 Å². The van der Waals surface area contributed by atoms with Crippen molar-refractivity contribution >= 4 is 38.2 Å². The molecule has 2 heterocycles. The van der Waals surface area contributed by atoms with Crippen LogP contribution in [0.4, 0.5) is 0 Å². The molecule has 4 aromatic rings. The van der Waals surface area contributed by atoms with Crippen molar-refractivity contribution in [3.05, 3.63) is 106 Å². The van der Waals surface area contributed by atoms with Gasteiger partial charge in [-0.1, -0.05) is 77.8 Å². The second-order valence-electron chi connectivity index (χ2n) is 8.24. The molecular formula is C26H22ClN3O2S. The van der Waals surface area contributed by atoms with Gasteiger partial charge >= 0.3 is 0 Å². The lowest BCUT2D eigenvalue weighted by molar-refractivity contribution is 0.371. The summed E-state index contributed by atoms with van der Waals surface area (Å²) >= 11 is 6.65. The van der Waals surface area contributed by atoms with Crippen LogP contribution in [0.5, 0.6) is 0 Å². The number of benzene rings is 3. The Balaban J connectivity index is 1.66. The first kappa shape index (κ1) is 21.6. The maximum absolute atomic E-state index is 13.6. The number of rotatable bonds is 4. The zero-order valence-corrected chi connectivity index (χ0v) is 19.8. The van der Waals surface area contributed by atoms with Gasteiger partial charge in [-0.25, -0.2) is 4.98 Å². The second-order valence-corrected chi connectivity index (χ2v) is 10.4. The molecule has 0 amide bonds. The predicted octanol–water partition coefficient (Wildman–Crippen LogP) is 6.05. The number of aryl methyl sites for hydroxylation is 2. The molecular weight excluding hydrogens is 454 g/mol. The number of hydrogen-bond acceptors (Lipinski definition) is 4. The number of para-hydroxylation sites is 1. The lowest BCUT2D eigenvalue weighted by Gasteiger charge is -2.24. The molecule has 0 spiro atoms. The van der Waals surface area contributed by atoms with Crippen molar-refractivity contribution in [3.63, 3.8) is 0 Å². The average Bonchev–Trinajstić information content (AvgIpc) is 3.26. The number of halogens is 1. The van der Waals surface area contributed by atoms with Gasteiger partial charge < -0.3 is 0 Å². The van der Waals surface area contributed by atoms with Crippen molar-refractivity contribution in [1.82, 2.24) is 9.40 Å². The van der Waals surface area contributed by atoms with Crippen LogP contribution in [0, 0.1) is 13.8 Å². The van der Waals surface area contributed by atoms with E-state index in [1.54, 1.807) is 30.3 Å². The Morgan fingerprint density at radius 1 is 0.939 bits per heavy atom. The van der Waals surface area contributed by atoms with Gasteiger partial charge in [0.15, 0.2) is 0 Å². The molecule has 5 rings (SSSR count). The van der Waals surface area contributed by atoms with E-state index in [2.05, 4.69) is 10.1 Å². The van der Waals surface area contributed by atoms with Gasteiger partial charge in [0.1, 0.15) is 5.15 Å². The lowest BCUT2D eigenvalue weighted by Crippen LogP contribution is -2.27. The first-order valence-corrected chi connectivity index (χ1v) is 12.5. The monoisotopic (exact) mass is 475 g/mol. The van der Waals surface area contributed by atoms with Crippen LogP contribution < -0.4 is 0 Å². The zero-order chi connectivity index (χ0) is 23.2. The number of hydrazone groups is 1. The van der Waals surface area contributed by atoms with Crippen molar-refractivity contribution < 1.29 is 8.42 Å². The van der Waals surface area contributed by atoms with Crippen LogP contribution in [0.25, 0.3) is 10.9 Å². The van der Waals surface area contributed by atoms with Crippen molar-refractivity contribution in [2.24, 2.45) is 5.10 Å². The van der Waals surface area contributed by atoms with Gasteiger partial charge in [0.25, 0.3) is 10.0 Å². The fraction of sp³-hybridized carbons (Fsp3) is 0.154. The van der Waals surface area contributed by atoms with Gasteiger partial charge in [-0.2, -0.15) is 17.9 Å². The minimum Gasteiger partial charge on any atom is -0.235 e. The standard InChI is InChI=1S/C26H22ClN3O2S/c1-17-11-13-19(14-12-17)23-16-24(30(29-23)33(31,32)21-9-4-3-5-10-21)22-15-20-8-6-7-18(2)25(20)28-26(22)27/h3-15,24H,16H2,1-2H3/t24-/m0/s1. The molecule has 0 fully saturated rings. The smallest absolute Gasteiger partial charge is 0.235 e. The molecule has 0 bridgehead atoms. The predicted molar refractivity (Wildman–Crippen MR) is 132 cm³/mol. The first-order chi connectivity index (χ1) is 15.8. The van der Waals surface area contributed by atoms with Gasteiger partial charge in [0.05, 0.1) is 22.2 Å². The highest BCUT2D eigenvalue weighted by molar-refractivity contribution is 7.89. The summed E-state index contributed by atoms with van der Waals surface area (Å²) < 4.78 is 28.5. The molecule has 5 nitrogen and oxygen atoms in total. The summed E-state index contributed by atoms with van der Waals surface area (Å²) in [6.07, 6.45) is 0.397. The van der Waals surface area contributed by atoms with Crippen LogP contribution in [-0.2, 0) is 10.0 Å². The van der Waals surface area contributed by atoms with Crippen molar-refractivity contribution in [3.8, 4) is 0 Å². The molecule has 1 aliphatic rings. The van der Waals surface area contributed by atoms with Gasteiger partial charge in [-0.3, -0.25) is 0 Å². The summed E-state index contributed by atoms with van der Waals surface area (Å²) in [5.74, 6) is 0. The van der Waals surface area contributed by atoms with Crippen LogP contribution in [0.1, 0.15) is 34.7 Å². The fourth-order valence-electron chi connectivity index (χ4n) is 4.14. The first-order valence-electron chi connectivity index (χ1n) is 10.6. The third-order valence-electron chi connectivity index (χ3n) is 5.93. The maximum Gasteiger partial charge on any atom is 0.279 e. The van der Waals surface area contributed by atoms with Crippen molar-refractivity contribution in [1.29, 1.82) is 0 Å². The van der Waals surface area contributed by atoms with Crippen LogP contribution >= 0.6 is 11.6 Å². The summed E-state index contributed by atoms with van der Waals surface area (Å²) in [4.78, 5) is 4.80. The molecule has 1 atom stereocenters. The van der Waals surface area contributed by atoms with E-state index in [-0.39, 0.29) is 10.0 Å².